The summed E-state index contributed by atoms with van der Waals surface area (Å²) in [6.45, 7) is 0. The normalized spacial score (nSPS) is 11.3. The van der Waals surface area contributed by atoms with E-state index in [1.807, 2.05) is 0 Å². The molecule has 11 aromatic rings. The molecule has 0 bridgehead atoms. The van der Waals surface area contributed by atoms with Crippen molar-refractivity contribution in [2.75, 3.05) is 4.90 Å². The largest absolute Gasteiger partial charge is 0.310 e. The van der Waals surface area contributed by atoms with Gasteiger partial charge >= 0.3 is 0 Å². The van der Waals surface area contributed by atoms with Crippen molar-refractivity contribution >= 4 is 49.6 Å². The van der Waals surface area contributed by atoms with Crippen LogP contribution in [-0.2, 0) is 0 Å². The molecule has 1 heterocycles. The fourth-order valence-electron chi connectivity index (χ4n) is 9.01. The molecule has 0 N–H and O–H groups in total. The van der Waals surface area contributed by atoms with Crippen molar-refractivity contribution in [2.24, 2.45) is 0 Å². The first-order valence-corrected chi connectivity index (χ1v) is 20.6. The Morgan fingerprint density at radius 3 is 1.53 bits per heavy atom. The number of benzene rings is 10. The standard InChI is InChI=1S/C58H40N2/c1-2-18-43(19-3-1)49-23-6-7-24-50(49)51-25-8-9-26-52(51)53-27-10-13-30-56(53)59(46-37-35-42(36-38-46)45-34-33-41-17-4-5-20-44(41)39-45)47-21-16-22-48(40-47)60-57-31-14-11-28-54(57)55-29-12-15-32-58(55)60/h1-40H. The van der Waals surface area contributed by atoms with E-state index in [4.69, 9.17) is 0 Å². The molecule has 0 unspecified atom stereocenters. The molecule has 0 spiro atoms. The Morgan fingerprint density at radius 2 is 0.817 bits per heavy atom. The van der Waals surface area contributed by atoms with Crippen molar-refractivity contribution < 1.29 is 0 Å². The van der Waals surface area contributed by atoms with Crippen molar-refractivity contribution in [1.82, 2.24) is 4.57 Å². The van der Waals surface area contributed by atoms with Gasteiger partial charge < -0.3 is 9.47 Å². The average molecular weight is 765 g/mol. The molecule has 0 atom stereocenters. The van der Waals surface area contributed by atoms with Crippen LogP contribution in [0.25, 0.3) is 82.8 Å². The highest BCUT2D eigenvalue weighted by atomic mass is 15.1. The van der Waals surface area contributed by atoms with E-state index in [-0.39, 0.29) is 0 Å². The third-order valence-corrected chi connectivity index (χ3v) is 11.8. The van der Waals surface area contributed by atoms with Gasteiger partial charge in [0.05, 0.1) is 16.7 Å². The highest BCUT2D eigenvalue weighted by Crippen LogP contribution is 2.46. The first-order chi connectivity index (χ1) is 29.8. The minimum Gasteiger partial charge on any atom is -0.310 e. The van der Waals surface area contributed by atoms with Gasteiger partial charge in [0.1, 0.15) is 0 Å². The minimum atomic E-state index is 1.07. The van der Waals surface area contributed by atoms with E-state index < -0.39 is 0 Å². The molecule has 0 aliphatic heterocycles. The summed E-state index contributed by atoms with van der Waals surface area (Å²) in [6.07, 6.45) is 0. The highest BCUT2D eigenvalue weighted by molar-refractivity contribution is 6.09. The van der Waals surface area contributed by atoms with Gasteiger partial charge in [0.25, 0.3) is 0 Å². The fraction of sp³-hybridized carbons (Fsp3) is 0. The maximum absolute atomic E-state index is 2.43. The summed E-state index contributed by atoms with van der Waals surface area (Å²) in [6, 6.07) is 88.0. The second-order valence-corrected chi connectivity index (χ2v) is 15.3. The van der Waals surface area contributed by atoms with Crippen LogP contribution in [0.4, 0.5) is 17.1 Å². The van der Waals surface area contributed by atoms with Crippen LogP contribution in [0.5, 0.6) is 0 Å². The SMILES string of the molecule is c1ccc(-c2ccccc2-c2ccccc2-c2ccccc2N(c2ccc(-c3ccc4ccccc4c3)cc2)c2cccc(-n3c4ccccc4c4ccccc43)c2)cc1. The fourth-order valence-corrected chi connectivity index (χ4v) is 9.01. The lowest BCUT2D eigenvalue weighted by molar-refractivity contribution is 1.17. The van der Waals surface area contributed by atoms with Gasteiger partial charge in [-0.05, 0) is 104 Å². The van der Waals surface area contributed by atoms with Gasteiger partial charge in [-0.1, -0.05) is 188 Å². The lowest BCUT2D eigenvalue weighted by Crippen LogP contribution is -2.12. The molecule has 0 amide bonds. The molecule has 11 rings (SSSR count). The molecule has 0 radical (unpaired) electrons. The molecular weight excluding hydrogens is 725 g/mol. The third kappa shape index (κ3) is 6.23. The van der Waals surface area contributed by atoms with E-state index in [1.54, 1.807) is 0 Å². The van der Waals surface area contributed by atoms with Gasteiger partial charge in [-0.25, -0.2) is 0 Å². The summed E-state index contributed by atoms with van der Waals surface area (Å²) in [5, 5.41) is 4.98. The quantitative estimate of drug-likeness (QED) is 0.150. The molecule has 0 saturated carbocycles. The second-order valence-electron chi connectivity index (χ2n) is 15.3. The lowest BCUT2D eigenvalue weighted by atomic mass is 9.88. The van der Waals surface area contributed by atoms with Crippen molar-refractivity contribution in [3.63, 3.8) is 0 Å². The average Bonchev–Trinajstić information content (AvgIpc) is 3.67. The van der Waals surface area contributed by atoms with E-state index in [0.717, 1.165) is 28.3 Å². The van der Waals surface area contributed by atoms with E-state index in [2.05, 4.69) is 252 Å². The van der Waals surface area contributed by atoms with Crippen LogP contribution in [-0.4, -0.2) is 4.57 Å². The highest BCUT2D eigenvalue weighted by Gasteiger charge is 2.21. The van der Waals surface area contributed by atoms with Crippen LogP contribution in [0.3, 0.4) is 0 Å². The maximum Gasteiger partial charge on any atom is 0.0541 e. The number of fused-ring (bicyclic) bond motifs is 4. The van der Waals surface area contributed by atoms with Crippen LogP contribution < -0.4 is 4.90 Å². The molecule has 0 fully saturated rings. The van der Waals surface area contributed by atoms with E-state index in [0.29, 0.717) is 0 Å². The van der Waals surface area contributed by atoms with E-state index in [1.165, 1.54) is 71.5 Å². The monoisotopic (exact) mass is 764 g/mol. The molecule has 2 nitrogen and oxygen atoms in total. The van der Waals surface area contributed by atoms with E-state index in [9.17, 15) is 0 Å². The summed E-state index contributed by atoms with van der Waals surface area (Å²) in [7, 11) is 0. The van der Waals surface area contributed by atoms with Crippen LogP contribution in [0, 0.1) is 0 Å². The molecule has 0 aliphatic rings. The molecule has 1 aromatic heterocycles. The predicted octanol–water partition coefficient (Wildman–Crippen LogP) is 16.1. The summed E-state index contributed by atoms with van der Waals surface area (Å²) in [5.74, 6) is 0. The first-order valence-electron chi connectivity index (χ1n) is 20.6. The number of aromatic nitrogens is 1. The zero-order chi connectivity index (χ0) is 39.8. The first kappa shape index (κ1) is 35.2. The smallest absolute Gasteiger partial charge is 0.0541 e. The summed E-state index contributed by atoms with van der Waals surface area (Å²) in [4.78, 5) is 2.43. The Hall–Kier alpha value is -7.94. The zero-order valence-electron chi connectivity index (χ0n) is 33.0. The maximum atomic E-state index is 2.43. The van der Waals surface area contributed by atoms with Gasteiger partial charge in [0.2, 0.25) is 0 Å². The number of anilines is 3. The van der Waals surface area contributed by atoms with E-state index >= 15 is 0 Å². The number of rotatable bonds is 8. The molecule has 10 aromatic carbocycles. The molecular formula is C58H40N2. The number of nitrogens with zero attached hydrogens (tertiary/aromatic N) is 2. The Morgan fingerprint density at radius 1 is 0.283 bits per heavy atom. The van der Waals surface area contributed by atoms with Crippen LogP contribution in [0.2, 0.25) is 0 Å². The van der Waals surface area contributed by atoms with Gasteiger partial charge in [-0.2, -0.15) is 0 Å². The molecule has 60 heavy (non-hydrogen) atoms. The Kier molecular flexibility index (Phi) is 8.87. The van der Waals surface area contributed by atoms with Crippen LogP contribution in [0.1, 0.15) is 0 Å². The topological polar surface area (TPSA) is 8.17 Å². The van der Waals surface area contributed by atoms with Gasteiger partial charge in [0, 0.05) is 33.4 Å². The van der Waals surface area contributed by atoms with Crippen molar-refractivity contribution in [2.45, 2.75) is 0 Å². The van der Waals surface area contributed by atoms with Crippen molar-refractivity contribution in [3.8, 4) is 50.2 Å². The number of hydrogen-bond acceptors (Lipinski definition) is 1. The lowest BCUT2D eigenvalue weighted by Gasteiger charge is -2.29. The third-order valence-electron chi connectivity index (χ3n) is 11.8. The summed E-state index contributed by atoms with van der Waals surface area (Å²) >= 11 is 0. The van der Waals surface area contributed by atoms with Gasteiger partial charge in [-0.3, -0.25) is 0 Å². The van der Waals surface area contributed by atoms with Crippen molar-refractivity contribution in [1.29, 1.82) is 0 Å². The van der Waals surface area contributed by atoms with Gasteiger partial charge in [-0.15, -0.1) is 0 Å². The predicted molar refractivity (Wildman–Crippen MR) is 255 cm³/mol. The van der Waals surface area contributed by atoms with Crippen LogP contribution >= 0.6 is 0 Å². The Balaban J connectivity index is 1.10. The summed E-state index contributed by atoms with van der Waals surface area (Å²) in [5.41, 5.74) is 16.2. The summed E-state index contributed by atoms with van der Waals surface area (Å²) < 4.78 is 2.40. The Bertz CT molecular complexity index is 3270. The second kappa shape index (κ2) is 15.1. The minimum absolute atomic E-state index is 1.07. The van der Waals surface area contributed by atoms with Gasteiger partial charge in [0.15, 0.2) is 0 Å². The molecule has 0 aliphatic carbocycles. The molecule has 2 heteroatoms. The van der Waals surface area contributed by atoms with Crippen LogP contribution in [0.15, 0.2) is 243 Å². The molecule has 282 valence electrons. The zero-order valence-corrected chi connectivity index (χ0v) is 33.0. The Labute approximate surface area is 350 Å². The molecule has 0 saturated heterocycles. The van der Waals surface area contributed by atoms with Crippen molar-refractivity contribution in [3.05, 3.63) is 243 Å². The number of hydrogen-bond donors (Lipinski definition) is 0. The number of para-hydroxylation sites is 3.